The molecule has 0 aliphatic rings. The van der Waals surface area contributed by atoms with Crippen molar-refractivity contribution in [2.24, 2.45) is 0 Å². The van der Waals surface area contributed by atoms with Crippen LogP contribution in [0.3, 0.4) is 0 Å². The van der Waals surface area contributed by atoms with Crippen molar-refractivity contribution in [2.75, 3.05) is 0 Å². The summed E-state index contributed by atoms with van der Waals surface area (Å²) in [6.45, 7) is 2.13. The number of rotatable bonds is 0. The van der Waals surface area contributed by atoms with Crippen LogP contribution in [-0.4, -0.2) is 0 Å². The lowest BCUT2D eigenvalue weighted by atomic mass is 10.1. The number of hydrogen-bond acceptors (Lipinski definition) is 1. The Bertz CT molecular complexity index is 652. The van der Waals surface area contributed by atoms with E-state index in [2.05, 4.69) is 59.3 Å². The van der Waals surface area contributed by atoms with Gasteiger partial charge in [0.2, 0.25) is 0 Å². The van der Waals surface area contributed by atoms with E-state index < -0.39 is 0 Å². The third-order valence-electron chi connectivity index (χ3n) is 2.66. The molecule has 0 saturated heterocycles. The monoisotopic (exact) mass is 276 g/mol. The van der Waals surface area contributed by atoms with Gasteiger partial charge in [0.1, 0.15) is 0 Å². The van der Waals surface area contributed by atoms with Crippen LogP contribution >= 0.6 is 27.3 Å². The smallest absolute Gasteiger partial charge is 0.0366 e. The highest BCUT2D eigenvalue weighted by atomic mass is 79.9. The van der Waals surface area contributed by atoms with Gasteiger partial charge in [-0.05, 0) is 30.7 Å². The number of benzene rings is 2. The third kappa shape index (κ3) is 1.40. The van der Waals surface area contributed by atoms with Crippen molar-refractivity contribution >= 4 is 47.4 Å². The van der Waals surface area contributed by atoms with E-state index in [1.165, 1.54) is 30.2 Å². The summed E-state index contributed by atoms with van der Waals surface area (Å²) < 4.78 is 3.92. The maximum absolute atomic E-state index is 3.58. The first-order valence-electron chi connectivity index (χ1n) is 4.83. The van der Waals surface area contributed by atoms with E-state index in [9.17, 15) is 0 Å². The number of fused-ring (bicyclic) bond motifs is 3. The molecule has 0 N–H and O–H groups in total. The van der Waals surface area contributed by atoms with Gasteiger partial charge in [0.25, 0.3) is 0 Å². The van der Waals surface area contributed by atoms with Gasteiger partial charge in [0.05, 0.1) is 0 Å². The molecule has 1 aromatic heterocycles. The van der Waals surface area contributed by atoms with Crippen molar-refractivity contribution in [3.05, 3.63) is 46.4 Å². The van der Waals surface area contributed by atoms with Crippen molar-refractivity contribution in [3.63, 3.8) is 0 Å². The maximum Gasteiger partial charge on any atom is 0.0366 e. The second kappa shape index (κ2) is 3.32. The van der Waals surface area contributed by atoms with E-state index in [1.807, 2.05) is 11.3 Å². The standard InChI is InChI=1S/C13H9BrS/c1-8-6-10-9-4-2-3-5-12(9)15-13(10)7-11(8)14/h2-7H,1H3. The number of aryl methyl sites for hydroxylation is 1. The second-order valence-corrected chi connectivity index (χ2v) is 5.63. The fourth-order valence-electron chi connectivity index (χ4n) is 1.85. The Balaban J connectivity index is 2.56. The van der Waals surface area contributed by atoms with Crippen LogP contribution in [0.1, 0.15) is 5.56 Å². The Labute approximate surface area is 101 Å². The highest BCUT2D eigenvalue weighted by Gasteiger charge is 2.05. The Morgan fingerprint density at radius 3 is 2.67 bits per heavy atom. The van der Waals surface area contributed by atoms with Crippen LogP contribution in [0.4, 0.5) is 0 Å². The molecule has 0 unspecified atom stereocenters. The van der Waals surface area contributed by atoms with E-state index >= 15 is 0 Å². The van der Waals surface area contributed by atoms with Crippen LogP contribution in [0.25, 0.3) is 20.2 Å². The van der Waals surface area contributed by atoms with Gasteiger partial charge in [-0.15, -0.1) is 11.3 Å². The lowest BCUT2D eigenvalue weighted by Gasteiger charge is -1.97. The van der Waals surface area contributed by atoms with Crippen molar-refractivity contribution in [1.82, 2.24) is 0 Å². The molecule has 3 rings (SSSR count). The zero-order chi connectivity index (χ0) is 10.4. The summed E-state index contributed by atoms with van der Waals surface area (Å²) in [6.07, 6.45) is 0. The lowest BCUT2D eigenvalue weighted by molar-refractivity contribution is 1.47. The summed E-state index contributed by atoms with van der Waals surface area (Å²) in [5, 5.41) is 2.74. The topological polar surface area (TPSA) is 0 Å². The molecule has 0 bridgehead atoms. The molecule has 1 heterocycles. The Morgan fingerprint density at radius 1 is 1.00 bits per heavy atom. The first kappa shape index (κ1) is 9.37. The van der Waals surface area contributed by atoms with Gasteiger partial charge in [0.15, 0.2) is 0 Å². The predicted molar refractivity (Wildman–Crippen MR) is 71.8 cm³/mol. The van der Waals surface area contributed by atoms with Gasteiger partial charge in [-0.2, -0.15) is 0 Å². The SMILES string of the molecule is Cc1cc2c(cc1Br)sc1ccccc12. The van der Waals surface area contributed by atoms with Crippen LogP contribution in [0.2, 0.25) is 0 Å². The molecule has 74 valence electrons. The molecular formula is C13H9BrS. The minimum absolute atomic E-state index is 1.20. The Hall–Kier alpha value is -0.860. The molecular weight excluding hydrogens is 268 g/mol. The second-order valence-electron chi connectivity index (χ2n) is 3.70. The van der Waals surface area contributed by atoms with Crippen LogP contribution in [0, 0.1) is 6.92 Å². The fraction of sp³-hybridized carbons (Fsp3) is 0.0769. The zero-order valence-electron chi connectivity index (χ0n) is 8.25. The van der Waals surface area contributed by atoms with Gasteiger partial charge in [-0.1, -0.05) is 34.1 Å². The third-order valence-corrected chi connectivity index (χ3v) is 4.65. The molecule has 2 aromatic carbocycles. The summed E-state index contributed by atoms with van der Waals surface area (Å²) in [5.41, 5.74) is 1.30. The van der Waals surface area contributed by atoms with Crippen LogP contribution < -0.4 is 0 Å². The first-order chi connectivity index (χ1) is 7.25. The van der Waals surface area contributed by atoms with E-state index in [-0.39, 0.29) is 0 Å². The largest absolute Gasteiger partial charge is 0.135 e. The zero-order valence-corrected chi connectivity index (χ0v) is 10.7. The molecule has 0 nitrogen and oxygen atoms in total. The van der Waals surface area contributed by atoms with Crippen molar-refractivity contribution in [3.8, 4) is 0 Å². The molecule has 15 heavy (non-hydrogen) atoms. The minimum atomic E-state index is 1.20. The summed E-state index contributed by atoms with van der Waals surface area (Å²) in [6, 6.07) is 13.1. The van der Waals surface area contributed by atoms with E-state index in [1.54, 1.807) is 0 Å². The Kier molecular flexibility index (Phi) is 2.08. The molecule has 0 fully saturated rings. The molecule has 3 aromatic rings. The lowest BCUT2D eigenvalue weighted by Crippen LogP contribution is -1.74. The number of hydrogen-bond donors (Lipinski definition) is 0. The average molecular weight is 277 g/mol. The maximum atomic E-state index is 3.58. The van der Waals surface area contributed by atoms with E-state index in [0.29, 0.717) is 0 Å². The number of halogens is 1. The molecule has 0 aliphatic carbocycles. The van der Waals surface area contributed by atoms with Gasteiger partial charge >= 0.3 is 0 Å². The van der Waals surface area contributed by atoms with Gasteiger partial charge in [-0.3, -0.25) is 0 Å². The van der Waals surface area contributed by atoms with Crippen molar-refractivity contribution in [2.45, 2.75) is 6.92 Å². The highest BCUT2D eigenvalue weighted by Crippen LogP contribution is 2.36. The average Bonchev–Trinajstić information content (AvgIpc) is 2.57. The van der Waals surface area contributed by atoms with Crippen molar-refractivity contribution in [1.29, 1.82) is 0 Å². The van der Waals surface area contributed by atoms with E-state index in [4.69, 9.17) is 0 Å². The van der Waals surface area contributed by atoms with E-state index in [0.717, 1.165) is 0 Å². The summed E-state index contributed by atoms with van der Waals surface area (Å²) in [5.74, 6) is 0. The summed E-state index contributed by atoms with van der Waals surface area (Å²) in [4.78, 5) is 0. The molecule has 2 heteroatoms. The molecule has 0 amide bonds. The molecule has 0 radical (unpaired) electrons. The molecule has 0 aliphatic heterocycles. The van der Waals surface area contributed by atoms with Crippen molar-refractivity contribution < 1.29 is 0 Å². The molecule has 0 spiro atoms. The normalized spacial score (nSPS) is 11.3. The predicted octanol–water partition coefficient (Wildman–Crippen LogP) is 5.13. The number of thiophene rings is 1. The van der Waals surface area contributed by atoms with Gasteiger partial charge in [0, 0.05) is 24.6 Å². The van der Waals surface area contributed by atoms with Gasteiger partial charge < -0.3 is 0 Å². The fourth-order valence-corrected chi connectivity index (χ4v) is 3.48. The Morgan fingerprint density at radius 2 is 1.80 bits per heavy atom. The quantitative estimate of drug-likeness (QED) is 0.534. The molecule has 0 atom stereocenters. The summed E-state index contributed by atoms with van der Waals surface area (Å²) in [7, 11) is 0. The first-order valence-corrected chi connectivity index (χ1v) is 6.44. The van der Waals surface area contributed by atoms with Crippen LogP contribution in [0.15, 0.2) is 40.9 Å². The van der Waals surface area contributed by atoms with Gasteiger partial charge in [-0.25, -0.2) is 0 Å². The van der Waals surface area contributed by atoms with Crippen LogP contribution in [0.5, 0.6) is 0 Å². The summed E-state index contributed by atoms with van der Waals surface area (Å²) >= 11 is 5.43. The van der Waals surface area contributed by atoms with Crippen LogP contribution in [-0.2, 0) is 0 Å². The highest BCUT2D eigenvalue weighted by molar-refractivity contribution is 9.10. The molecule has 0 saturated carbocycles. The minimum Gasteiger partial charge on any atom is -0.135 e.